The van der Waals surface area contributed by atoms with Crippen LogP contribution in [-0.2, 0) is 4.74 Å². The maximum absolute atomic E-state index is 8.78. The number of hydrogen-bond donors (Lipinski definition) is 2. The number of ether oxygens (including phenoxy) is 1. The molecular weight excluding hydrogens is 170 g/mol. The van der Waals surface area contributed by atoms with Crippen LogP contribution in [0.15, 0.2) is 30.3 Å². The van der Waals surface area contributed by atoms with Gasteiger partial charge in [0.15, 0.2) is 0 Å². The number of primary amides is 1. The third-order valence-corrected chi connectivity index (χ3v) is 1.50. The molecule has 1 fully saturated rings. The van der Waals surface area contributed by atoms with Crippen molar-refractivity contribution in [1.29, 1.82) is 0 Å². The molecule has 1 aromatic carbocycles. The normalized spacial score (nSPS) is 18.3. The molecule has 4 heteroatoms. The Morgan fingerprint density at radius 2 is 1.92 bits per heavy atom. The molecule has 0 aromatic heterocycles. The second-order valence-corrected chi connectivity index (χ2v) is 2.57. The molecule has 1 atom stereocenters. The second kappa shape index (κ2) is 4.47. The number of nitrogens with two attached hydrogens (primary N) is 1. The zero-order valence-corrected chi connectivity index (χ0v) is 7.01. The Labute approximate surface area is 75.9 Å². The third kappa shape index (κ3) is 4.12. The first-order chi connectivity index (χ1) is 6.20. The first kappa shape index (κ1) is 9.54. The summed E-state index contributed by atoms with van der Waals surface area (Å²) in [5.74, 6) is 0. The van der Waals surface area contributed by atoms with Gasteiger partial charge in [0.1, 0.15) is 6.10 Å². The molecule has 13 heavy (non-hydrogen) atoms. The fourth-order valence-corrected chi connectivity index (χ4v) is 0.908. The van der Waals surface area contributed by atoms with Crippen molar-refractivity contribution in [1.82, 2.24) is 0 Å². The molecule has 70 valence electrons. The van der Waals surface area contributed by atoms with Gasteiger partial charge in [-0.15, -0.1) is 0 Å². The van der Waals surface area contributed by atoms with Crippen LogP contribution in [0.3, 0.4) is 0 Å². The molecule has 0 saturated carbocycles. The molecule has 3 N–H and O–H groups in total. The van der Waals surface area contributed by atoms with E-state index in [2.05, 4.69) is 17.9 Å². The molecule has 1 aromatic rings. The van der Waals surface area contributed by atoms with Crippen molar-refractivity contribution in [2.75, 3.05) is 6.61 Å². The van der Waals surface area contributed by atoms with E-state index in [4.69, 9.17) is 14.6 Å². The highest BCUT2D eigenvalue weighted by atomic mass is 16.6. The van der Waals surface area contributed by atoms with Crippen molar-refractivity contribution in [3.63, 3.8) is 0 Å². The van der Waals surface area contributed by atoms with Crippen LogP contribution >= 0.6 is 0 Å². The van der Waals surface area contributed by atoms with Gasteiger partial charge in [-0.3, -0.25) is 0 Å². The maximum atomic E-state index is 8.78. The lowest BCUT2D eigenvalue weighted by Gasteiger charge is -1.89. The quantitative estimate of drug-likeness (QED) is 0.642. The molecule has 1 aliphatic rings. The zero-order chi connectivity index (χ0) is 9.68. The zero-order valence-electron chi connectivity index (χ0n) is 7.01. The minimum absolute atomic E-state index is 0.409. The van der Waals surface area contributed by atoms with E-state index in [-0.39, 0.29) is 0 Å². The molecule has 1 heterocycles. The van der Waals surface area contributed by atoms with Gasteiger partial charge in [0.05, 0.1) is 6.61 Å². The lowest BCUT2D eigenvalue weighted by molar-refractivity contribution is 0.205. The number of benzene rings is 1. The number of epoxide rings is 1. The summed E-state index contributed by atoms with van der Waals surface area (Å²) in [6.07, 6.45) is -0.925. The fourth-order valence-electron chi connectivity index (χ4n) is 0.908. The third-order valence-electron chi connectivity index (χ3n) is 1.50. The number of carboxylic acid groups (broad SMARTS) is 1. The monoisotopic (exact) mass is 181 g/mol. The van der Waals surface area contributed by atoms with E-state index in [0.717, 1.165) is 6.61 Å². The van der Waals surface area contributed by atoms with Gasteiger partial charge in [0, 0.05) is 0 Å². The number of amides is 1. The Balaban J connectivity index is 0.000000184. The van der Waals surface area contributed by atoms with Gasteiger partial charge in [-0.1, -0.05) is 30.3 Å². The van der Waals surface area contributed by atoms with Crippen molar-refractivity contribution in [2.45, 2.75) is 6.10 Å². The molecule has 1 aliphatic heterocycles. The van der Waals surface area contributed by atoms with Gasteiger partial charge in [-0.05, 0) is 5.56 Å². The Morgan fingerprint density at radius 3 is 2.31 bits per heavy atom. The van der Waals surface area contributed by atoms with Gasteiger partial charge in [0.25, 0.3) is 0 Å². The highest BCUT2D eigenvalue weighted by Gasteiger charge is 2.23. The Hall–Kier alpha value is -1.55. The van der Waals surface area contributed by atoms with Crippen LogP contribution in [0.2, 0.25) is 0 Å². The topological polar surface area (TPSA) is 75.9 Å². The molecule has 0 aliphatic carbocycles. The first-order valence-electron chi connectivity index (χ1n) is 3.85. The number of rotatable bonds is 1. The van der Waals surface area contributed by atoms with Gasteiger partial charge >= 0.3 is 6.09 Å². The summed E-state index contributed by atoms with van der Waals surface area (Å²) in [6.45, 7) is 0.907. The lowest BCUT2D eigenvalue weighted by Crippen LogP contribution is -2.03. The predicted molar refractivity (Wildman–Crippen MR) is 47.3 cm³/mol. The first-order valence-corrected chi connectivity index (χ1v) is 3.85. The van der Waals surface area contributed by atoms with Crippen LogP contribution in [0.25, 0.3) is 0 Å². The standard InChI is InChI=1S/C8H8O.CH3NO2/c1-2-4-7(5-3-1)8-6-9-8;2-1(3)4/h1-5,8H,6H2;2H2,(H,3,4). The smallest absolute Gasteiger partial charge is 0.402 e. The summed E-state index contributed by atoms with van der Waals surface area (Å²) in [6, 6.07) is 10.3. The molecule has 4 nitrogen and oxygen atoms in total. The molecule has 1 amide bonds. The summed E-state index contributed by atoms with van der Waals surface area (Å²) >= 11 is 0. The van der Waals surface area contributed by atoms with E-state index >= 15 is 0 Å². The largest absolute Gasteiger partial charge is 0.465 e. The van der Waals surface area contributed by atoms with Crippen LogP contribution in [-0.4, -0.2) is 17.8 Å². The van der Waals surface area contributed by atoms with E-state index in [1.165, 1.54) is 5.56 Å². The summed E-state index contributed by atoms with van der Waals surface area (Å²) < 4.78 is 5.09. The number of carbonyl (C=O) groups is 1. The minimum Gasteiger partial charge on any atom is -0.465 e. The van der Waals surface area contributed by atoms with Crippen LogP contribution in [0, 0.1) is 0 Å². The molecule has 1 saturated heterocycles. The summed E-state index contributed by atoms with van der Waals surface area (Å²) in [5, 5.41) is 7.19. The van der Waals surface area contributed by atoms with E-state index in [1.54, 1.807) is 0 Å². The van der Waals surface area contributed by atoms with Gasteiger partial charge in [0.2, 0.25) is 0 Å². The van der Waals surface area contributed by atoms with E-state index < -0.39 is 6.09 Å². The summed E-state index contributed by atoms with van der Waals surface area (Å²) in [7, 11) is 0. The highest BCUT2D eigenvalue weighted by molar-refractivity contribution is 5.61. The predicted octanol–water partition coefficient (Wildman–Crippen LogP) is 1.38. The molecule has 0 spiro atoms. The molecule has 2 rings (SSSR count). The van der Waals surface area contributed by atoms with Crippen molar-refractivity contribution >= 4 is 6.09 Å². The van der Waals surface area contributed by atoms with E-state index in [0.29, 0.717) is 6.10 Å². The van der Waals surface area contributed by atoms with Crippen LogP contribution < -0.4 is 5.73 Å². The Morgan fingerprint density at radius 1 is 1.46 bits per heavy atom. The summed E-state index contributed by atoms with van der Waals surface area (Å²) in [4.78, 5) is 8.78. The summed E-state index contributed by atoms with van der Waals surface area (Å²) in [5.41, 5.74) is 5.33. The van der Waals surface area contributed by atoms with E-state index in [1.807, 2.05) is 18.2 Å². The molecule has 1 unspecified atom stereocenters. The van der Waals surface area contributed by atoms with Gasteiger partial charge in [-0.25, -0.2) is 4.79 Å². The van der Waals surface area contributed by atoms with Crippen molar-refractivity contribution in [2.24, 2.45) is 5.73 Å². The van der Waals surface area contributed by atoms with Crippen molar-refractivity contribution in [3.8, 4) is 0 Å². The van der Waals surface area contributed by atoms with Crippen molar-refractivity contribution < 1.29 is 14.6 Å². The van der Waals surface area contributed by atoms with Gasteiger partial charge in [-0.2, -0.15) is 0 Å². The van der Waals surface area contributed by atoms with Gasteiger partial charge < -0.3 is 15.6 Å². The Bertz CT molecular complexity index is 265. The van der Waals surface area contributed by atoms with Crippen LogP contribution in [0.4, 0.5) is 4.79 Å². The Kier molecular flexibility index (Phi) is 3.28. The fraction of sp³-hybridized carbons (Fsp3) is 0.222. The maximum Gasteiger partial charge on any atom is 0.402 e. The second-order valence-electron chi connectivity index (χ2n) is 2.57. The van der Waals surface area contributed by atoms with E-state index in [9.17, 15) is 0 Å². The SMILES string of the molecule is NC(=O)O.c1ccc(C2CO2)cc1. The number of hydrogen-bond acceptors (Lipinski definition) is 2. The van der Waals surface area contributed by atoms with Crippen molar-refractivity contribution in [3.05, 3.63) is 35.9 Å². The minimum atomic E-state index is -1.33. The highest BCUT2D eigenvalue weighted by Crippen LogP contribution is 2.28. The molecular formula is C9H11NO3. The molecule has 0 radical (unpaired) electrons. The lowest BCUT2D eigenvalue weighted by atomic mass is 10.2. The average Bonchev–Trinajstić information content (AvgIpc) is 2.87. The average molecular weight is 181 g/mol. The van der Waals surface area contributed by atoms with Crippen LogP contribution in [0.5, 0.6) is 0 Å². The molecule has 0 bridgehead atoms. The van der Waals surface area contributed by atoms with Crippen LogP contribution in [0.1, 0.15) is 11.7 Å².